The SMILES string of the molecule is CC(C)(C)CC(C)(C)c1c(O)ccc(CO)c1CO. The Balaban J connectivity index is 3.39. The lowest BCUT2D eigenvalue weighted by molar-refractivity contribution is 0.245. The second-order valence-corrected chi connectivity index (χ2v) is 7.03. The Morgan fingerprint density at radius 3 is 1.95 bits per heavy atom. The molecule has 0 bridgehead atoms. The third-order valence-electron chi connectivity index (χ3n) is 3.37. The predicted molar refractivity (Wildman–Crippen MR) is 77.1 cm³/mol. The van der Waals surface area contributed by atoms with Gasteiger partial charge in [0.2, 0.25) is 0 Å². The molecule has 0 unspecified atom stereocenters. The highest BCUT2D eigenvalue weighted by Gasteiger charge is 2.32. The zero-order chi connectivity index (χ0) is 14.8. The molecule has 0 amide bonds. The van der Waals surface area contributed by atoms with Gasteiger partial charge in [-0.3, -0.25) is 0 Å². The fourth-order valence-electron chi connectivity index (χ4n) is 3.18. The van der Waals surface area contributed by atoms with Crippen molar-refractivity contribution in [2.75, 3.05) is 0 Å². The lowest BCUT2D eigenvalue weighted by atomic mass is 9.70. The van der Waals surface area contributed by atoms with Crippen molar-refractivity contribution in [3.05, 3.63) is 28.8 Å². The summed E-state index contributed by atoms with van der Waals surface area (Å²) in [7, 11) is 0. The van der Waals surface area contributed by atoms with Gasteiger partial charge in [-0.25, -0.2) is 0 Å². The topological polar surface area (TPSA) is 60.7 Å². The zero-order valence-corrected chi connectivity index (χ0v) is 12.6. The Kier molecular flexibility index (Phi) is 4.64. The van der Waals surface area contributed by atoms with Gasteiger partial charge in [-0.1, -0.05) is 40.7 Å². The molecule has 0 aliphatic carbocycles. The second-order valence-electron chi connectivity index (χ2n) is 7.03. The molecule has 3 N–H and O–H groups in total. The molecule has 0 aliphatic heterocycles. The van der Waals surface area contributed by atoms with E-state index in [9.17, 15) is 15.3 Å². The first-order valence-corrected chi connectivity index (χ1v) is 6.68. The minimum atomic E-state index is -0.272. The monoisotopic (exact) mass is 266 g/mol. The molecule has 3 nitrogen and oxygen atoms in total. The van der Waals surface area contributed by atoms with Gasteiger partial charge in [0.25, 0.3) is 0 Å². The molecule has 0 radical (unpaired) electrons. The van der Waals surface area contributed by atoms with Crippen LogP contribution in [0.25, 0.3) is 0 Å². The average molecular weight is 266 g/mol. The number of rotatable bonds is 4. The van der Waals surface area contributed by atoms with Crippen LogP contribution in [0.15, 0.2) is 12.1 Å². The van der Waals surface area contributed by atoms with E-state index in [4.69, 9.17) is 0 Å². The van der Waals surface area contributed by atoms with Crippen molar-refractivity contribution in [3.8, 4) is 5.75 Å². The number of phenolic OH excluding ortho intramolecular Hbond substituents is 1. The van der Waals surface area contributed by atoms with E-state index in [-0.39, 0.29) is 29.8 Å². The molecule has 0 fully saturated rings. The van der Waals surface area contributed by atoms with Crippen molar-refractivity contribution >= 4 is 0 Å². The van der Waals surface area contributed by atoms with E-state index in [2.05, 4.69) is 34.6 Å². The third kappa shape index (κ3) is 3.71. The number of aromatic hydroxyl groups is 1. The molecule has 1 aromatic carbocycles. The first kappa shape index (κ1) is 16.0. The number of hydrogen-bond acceptors (Lipinski definition) is 3. The van der Waals surface area contributed by atoms with Crippen LogP contribution in [0, 0.1) is 5.41 Å². The van der Waals surface area contributed by atoms with Gasteiger partial charge in [-0.2, -0.15) is 0 Å². The lowest BCUT2D eigenvalue weighted by Gasteiger charge is -2.35. The molecular formula is C16H26O3. The predicted octanol–water partition coefficient (Wildman–Crippen LogP) is 3.09. The van der Waals surface area contributed by atoms with Crippen molar-refractivity contribution in [1.29, 1.82) is 0 Å². The first-order chi connectivity index (χ1) is 8.62. The molecule has 0 atom stereocenters. The van der Waals surface area contributed by atoms with E-state index in [1.165, 1.54) is 0 Å². The average Bonchev–Trinajstić information content (AvgIpc) is 2.24. The van der Waals surface area contributed by atoms with E-state index in [1.54, 1.807) is 12.1 Å². The van der Waals surface area contributed by atoms with Crippen LogP contribution in [0.5, 0.6) is 5.75 Å². The molecule has 0 saturated heterocycles. The molecule has 1 rings (SSSR count). The maximum absolute atomic E-state index is 10.2. The Morgan fingerprint density at radius 2 is 1.53 bits per heavy atom. The quantitative estimate of drug-likeness (QED) is 0.785. The molecule has 0 spiro atoms. The van der Waals surface area contributed by atoms with Crippen LogP contribution in [-0.4, -0.2) is 15.3 Å². The summed E-state index contributed by atoms with van der Waals surface area (Å²) in [4.78, 5) is 0. The number of phenols is 1. The van der Waals surface area contributed by atoms with Gasteiger partial charge in [-0.05, 0) is 34.4 Å². The summed E-state index contributed by atoms with van der Waals surface area (Å²) in [6, 6.07) is 3.27. The van der Waals surface area contributed by atoms with Crippen LogP contribution in [-0.2, 0) is 18.6 Å². The molecule has 19 heavy (non-hydrogen) atoms. The Morgan fingerprint density at radius 1 is 0.947 bits per heavy atom. The van der Waals surface area contributed by atoms with E-state index in [0.29, 0.717) is 11.1 Å². The van der Waals surface area contributed by atoms with Crippen LogP contribution in [0.4, 0.5) is 0 Å². The molecule has 0 aromatic heterocycles. The van der Waals surface area contributed by atoms with E-state index >= 15 is 0 Å². The van der Waals surface area contributed by atoms with Crippen LogP contribution in [0.2, 0.25) is 0 Å². The Hall–Kier alpha value is -1.06. The summed E-state index contributed by atoms with van der Waals surface area (Å²) in [6.07, 6.45) is 0.870. The van der Waals surface area contributed by atoms with E-state index in [1.807, 2.05) is 0 Å². The molecular weight excluding hydrogens is 240 g/mol. The first-order valence-electron chi connectivity index (χ1n) is 6.68. The minimum absolute atomic E-state index is 0.109. The summed E-state index contributed by atoms with van der Waals surface area (Å²) < 4.78 is 0. The lowest BCUT2D eigenvalue weighted by Crippen LogP contribution is -2.27. The minimum Gasteiger partial charge on any atom is -0.508 e. The number of hydrogen-bond donors (Lipinski definition) is 3. The van der Waals surface area contributed by atoms with E-state index in [0.717, 1.165) is 12.0 Å². The smallest absolute Gasteiger partial charge is 0.119 e. The summed E-state index contributed by atoms with van der Waals surface area (Å²) in [5, 5.41) is 29.1. The van der Waals surface area contributed by atoms with Gasteiger partial charge >= 0.3 is 0 Å². The van der Waals surface area contributed by atoms with Gasteiger partial charge in [0.15, 0.2) is 0 Å². The third-order valence-corrected chi connectivity index (χ3v) is 3.37. The van der Waals surface area contributed by atoms with Gasteiger partial charge in [0.05, 0.1) is 13.2 Å². The normalized spacial score (nSPS) is 12.8. The molecule has 0 saturated carbocycles. The fourth-order valence-corrected chi connectivity index (χ4v) is 3.18. The number of benzene rings is 1. The molecule has 0 heterocycles. The molecule has 3 heteroatoms. The fraction of sp³-hybridized carbons (Fsp3) is 0.625. The maximum Gasteiger partial charge on any atom is 0.119 e. The number of aliphatic hydroxyl groups is 2. The van der Waals surface area contributed by atoms with Gasteiger partial charge < -0.3 is 15.3 Å². The van der Waals surface area contributed by atoms with Crippen molar-refractivity contribution in [2.24, 2.45) is 5.41 Å². The maximum atomic E-state index is 10.2. The van der Waals surface area contributed by atoms with Gasteiger partial charge in [0.1, 0.15) is 5.75 Å². The summed E-state index contributed by atoms with van der Waals surface area (Å²) in [6.45, 7) is 10.3. The molecule has 0 aliphatic rings. The zero-order valence-electron chi connectivity index (χ0n) is 12.6. The summed E-state index contributed by atoms with van der Waals surface area (Å²) in [5.74, 6) is 0.190. The van der Waals surface area contributed by atoms with Crippen LogP contribution < -0.4 is 0 Å². The van der Waals surface area contributed by atoms with Crippen LogP contribution in [0.3, 0.4) is 0 Å². The highest BCUT2D eigenvalue weighted by Crippen LogP contribution is 2.42. The number of aliphatic hydroxyl groups excluding tert-OH is 2. The van der Waals surface area contributed by atoms with E-state index < -0.39 is 0 Å². The summed E-state index contributed by atoms with van der Waals surface area (Å²) in [5.41, 5.74) is 1.91. The van der Waals surface area contributed by atoms with Gasteiger partial charge in [0, 0.05) is 5.56 Å². The van der Waals surface area contributed by atoms with Crippen LogP contribution in [0.1, 0.15) is 57.7 Å². The second kappa shape index (κ2) is 5.51. The van der Waals surface area contributed by atoms with Crippen molar-refractivity contribution in [3.63, 3.8) is 0 Å². The van der Waals surface area contributed by atoms with Crippen molar-refractivity contribution < 1.29 is 15.3 Å². The van der Waals surface area contributed by atoms with Gasteiger partial charge in [-0.15, -0.1) is 0 Å². The van der Waals surface area contributed by atoms with Crippen molar-refractivity contribution in [1.82, 2.24) is 0 Å². The largest absolute Gasteiger partial charge is 0.508 e. The molecule has 1 aromatic rings. The molecule has 108 valence electrons. The van der Waals surface area contributed by atoms with Crippen LogP contribution >= 0.6 is 0 Å². The van der Waals surface area contributed by atoms with Crippen molar-refractivity contribution in [2.45, 2.75) is 59.7 Å². The Labute approximate surface area is 115 Å². The summed E-state index contributed by atoms with van der Waals surface area (Å²) >= 11 is 0. The standard InChI is InChI=1S/C16H26O3/c1-15(2,3)10-16(4,5)14-12(9-18)11(8-17)6-7-13(14)19/h6-7,17-19H,8-10H2,1-5H3. The highest BCUT2D eigenvalue weighted by atomic mass is 16.3. The highest BCUT2D eigenvalue weighted by molar-refractivity contribution is 5.48. The Bertz CT molecular complexity index is 442.